The largest absolute Gasteiger partial charge is 0.345 e. The van der Waals surface area contributed by atoms with Gasteiger partial charge in [0.1, 0.15) is 12.1 Å². The molecule has 0 radical (unpaired) electrons. The molecule has 0 aliphatic heterocycles. The van der Waals surface area contributed by atoms with Crippen LogP contribution in [0.25, 0.3) is 17.2 Å². The zero-order valence-electron chi connectivity index (χ0n) is 25.8. The molecule has 1 aromatic carbocycles. The fourth-order valence-corrected chi connectivity index (χ4v) is 4.60. The van der Waals surface area contributed by atoms with E-state index in [1.165, 1.54) is 5.57 Å². The molecule has 1 amide bonds. The molecule has 0 aliphatic carbocycles. The van der Waals surface area contributed by atoms with E-state index in [9.17, 15) is 9.59 Å². The molecule has 41 heavy (non-hydrogen) atoms. The summed E-state index contributed by atoms with van der Waals surface area (Å²) < 4.78 is 0. The molecular weight excluding hydrogens is 514 g/mol. The first-order valence-corrected chi connectivity index (χ1v) is 14.1. The number of carbonyl (C=O) groups excluding carboxylic acids is 2. The van der Waals surface area contributed by atoms with Gasteiger partial charge in [-0.2, -0.15) is 0 Å². The molecule has 1 N–H and O–H groups in total. The van der Waals surface area contributed by atoms with E-state index < -0.39 is 0 Å². The van der Waals surface area contributed by atoms with Crippen LogP contribution in [0, 0.1) is 6.92 Å². The van der Waals surface area contributed by atoms with Gasteiger partial charge in [0, 0.05) is 61.8 Å². The Bertz CT molecular complexity index is 1270. The van der Waals surface area contributed by atoms with Crippen LogP contribution in [0.2, 0.25) is 0 Å². The third-order valence-corrected chi connectivity index (χ3v) is 6.66. The molecule has 1 unspecified atom stereocenters. The highest BCUT2D eigenvalue weighted by atomic mass is 16.6. The van der Waals surface area contributed by atoms with Gasteiger partial charge in [0.25, 0.3) is 5.91 Å². The number of benzene rings is 1. The maximum absolute atomic E-state index is 12.2. The van der Waals surface area contributed by atoms with Crippen molar-refractivity contribution in [3.63, 3.8) is 0 Å². The van der Waals surface area contributed by atoms with Crippen molar-refractivity contribution in [3.05, 3.63) is 82.8 Å². The third kappa shape index (κ3) is 9.92. The van der Waals surface area contributed by atoms with Crippen molar-refractivity contribution >= 4 is 24.1 Å². The number of nitrogens with zero attached hydrogens (tertiary/aromatic N) is 4. The fourth-order valence-electron chi connectivity index (χ4n) is 4.60. The van der Waals surface area contributed by atoms with E-state index in [1.54, 1.807) is 26.1 Å². The number of aldehydes is 1. The first kappa shape index (κ1) is 33.3. The van der Waals surface area contributed by atoms with E-state index in [4.69, 9.17) is 4.84 Å². The van der Waals surface area contributed by atoms with Crippen LogP contribution in [-0.2, 0) is 9.63 Å². The van der Waals surface area contributed by atoms with E-state index in [0.717, 1.165) is 53.7 Å². The lowest BCUT2D eigenvalue weighted by atomic mass is 9.92. The Morgan fingerprint density at radius 3 is 2.34 bits per heavy atom. The van der Waals surface area contributed by atoms with Gasteiger partial charge >= 0.3 is 0 Å². The molecule has 0 saturated carbocycles. The number of aryl methyl sites for hydroxylation is 1. The molecule has 8 nitrogen and oxygen atoms in total. The zero-order chi connectivity index (χ0) is 30.4. The first-order chi connectivity index (χ1) is 19.7. The first-order valence-electron chi connectivity index (χ1n) is 14.1. The number of likely N-dealkylation sites (N-methyl/N-ethyl adjacent to an activating group) is 1. The number of nitrogens with one attached hydrogen (secondary N) is 1. The monoisotopic (exact) mass is 559 g/mol. The number of anilines is 1. The van der Waals surface area contributed by atoms with E-state index in [2.05, 4.69) is 40.4 Å². The van der Waals surface area contributed by atoms with Crippen LogP contribution in [0.15, 0.2) is 60.4 Å². The predicted octanol–water partition coefficient (Wildman–Crippen LogP) is 6.25. The molecule has 0 bridgehead atoms. The highest BCUT2D eigenvalue weighted by molar-refractivity contribution is 5.93. The molecule has 3 aromatic rings. The van der Waals surface area contributed by atoms with Gasteiger partial charge in [-0.25, -0.2) is 10.5 Å². The third-order valence-electron chi connectivity index (χ3n) is 6.66. The molecule has 0 spiro atoms. The van der Waals surface area contributed by atoms with E-state index >= 15 is 0 Å². The summed E-state index contributed by atoms with van der Waals surface area (Å²) in [5.41, 5.74) is 9.78. The summed E-state index contributed by atoms with van der Waals surface area (Å²) in [6, 6.07) is 13.5. The maximum atomic E-state index is 12.2. The number of hydrogen-bond acceptors (Lipinski definition) is 7. The summed E-state index contributed by atoms with van der Waals surface area (Å²) >= 11 is 0. The van der Waals surface area contributed by atoms with Gasteiger partial charge in [0.2, 0.25) is 0 Å². The molecular formula is C33H45N5O3. The van der Waals surface area contributed by atoms with Gasteiger partial charge in [0.05, 0.1) is 7.11 Å². The smallest absolute Gasteiger partial charge is 0.253 e. The Morgan fingerprint density at radius 1 is 1.05 bits per heavy atom. The second-order valence-electron chi connectivity index (χ2n) is 10.0. The summed E-state index contributed by atoms with van der Waals surface area (Å²) in [6.07, 6.45) is 8.11. The topological polar surface area (TPSA) is 87.7 Å². The molecule has 8 heteroatoms. The lowest BCUT2D eigenvalue weighted by Crippen LogP contribution is -2.23. The van der Waals surface area contributed by atoms with Crippen molar-refractivity contribution < 1.29 is 14.4 Å². The molecule has 0 aliphatic rings. The molecule has 3 rings (SSSR count). The van der Waals surface area contributed by atoms with Crippen LogP contribution in [0.1, 0.15) is 66.7 Å². The van der Waals surface area contributed by atoms with E-state index in [0.29, 0.717) is 17.8 Å². The molecule has 1 atom stereocenters. The summed E-state index contributed by atoms with van der Waals surface area (Å²) in [6.45, 7) is 9.76. The van der Waals surface area contributed by atoms with Crippen LogP contribution in [0.3, 0.4) is 0 Å². The quantitative estimate of drug-likeness (QED) is 0.196. The Hall–Kier alpha value is -3.88. The van der Waals surface area contributed by atoms with Gasteiger partial charge in [-0.05, 0) is 81.2 Å². The van der Waals surface area contributed by atoms with Gasteiger partial charge in [0.15, 0.2) is 0 Å². The minimum atomic E-state index is -0.0288. The van der Waals surface area contributed by atoms with E-state index in [-0.39, 0.29) is 11.8 Å². The number of aromatic nitrogens is 2. The van der Waals surface area contributed by atoms with Gasteiger partial charge in [-0.3, -0.25) is 14.6 Å². The van der Waals surface area contributed by atoms with Crippen molar-refractivity contribution in [2.24, 2.45) is 0 Å². The Kier molecular flexibility index (Phi) is 13.9. The number of carbonyl (C=O) groups is 2. The Morgan fingerprint density at radius 2 is 1.76 bits per heavy atom. The second-order valence-corrected chi connectivity index (χ2v) is 10.0. The molecule has 2 aromatic heterocycles. The minimum absolute atomic E-state index is 0.0288. The van der Waals surface area contributed by atoms with Crippen LogP contribution in [0.5, 0.6) is 0 Å². The fraction of sp³-hybridized carbons (Fsp3) is 0.394. The van der Waals surface area contributed by atoms with Gasteiger partial charge in [-0.15, -0.1) is 0 Å². The SMILES string of the molecule is CC.CONc1ccc(-c2ccnc(C)c2/C=C(\C)CN(C)CCC(CC=O)c2ccc(C(=O)N(C)C)cc2)cn1. The maximum Gasteiger partial charge on any atom is 0.253 e. The van der Waals surface area contributed by atoms with Crippen LogP contribution in [-0.4, -0.2) is 73.3 Å². The van der Waals surface area contributed by atoms with Crippen molar-refractivity contribution in [2.75, 3.05) is 46.8 Å². The van der Waals surface area contributed by atoms with Crippen LogP contribution >= 0.6 is 0 Å². The Balaban J connectivity index is 0.00000287. The van der Waals surface area contributed by atoms with E-state index in [1.807, 2.05) is 75.6 Å². The molecule has 0 saturated heterocycles. The highest BCUT2D eigenvalue weighted by Gasteiger charge is 2.15. The summed E-state index contributed by atoms with van der Waals surface area (Å²) in [5.74, 6) is 0.722. The van der Waals surface area contributed by atoms with Crippen molar-refractivity contribution in [1.29, 1.82) is 0 Å². The van der Waals surface area contributed by atoms with Gasteiger partial charge < -0.3 is 14.6 Å². The normalized spacial score (nSPS) is 11.9. The molecule has 0 fully saturated rings. The number of hydrogen-bond donors (Lipinski definition) is 1. The minimum Gasteiger partial charge on any atom is -0.345 e. The van der Waals surface area contributed by atoms with Crippen molar-refractivity contribution in [2.45, 2.75) is 46.5 Å². The highest BCUT2D eigenvalue weighted by Crippen LogP contribution is 2.28. The van der Waals surface area contributed by atoms with Crippen LogP contribution in [0.4, 0.5) is 5.82 Å². The summed E-state index contributed by atoms with van der Waals surface area (Å²) in [5, 5.41) is 0. The number of rotatable bonds is 13. The van der Waals surface area contributed by atoms with Crippen molar-refractivity contribution in [3.8, 4) is 11.1 Å². The zero-order valence-corrected chi connectivity index (χ0v) is 25.8. The summed E-state index contributed by atoms with van der Waals surface area (Å²) in [7, 11) is 7.13. The lowest BCUT2D eigenvalue weighted by molar-refractivity contribution is -0.108. The second kappa shape index (κ2) is 17.0. The lowest BCUT2D eigenvalue weighted by Gasteiger charge is -2.22. The standard InChI is InChI=1S/C31H39N5O3.C2H6/c1-22(19-29-23(2)32-16-13-28(29)27-11-12-30(33-20-27)34-39-6)21-36(5)17-14-25(15-18-37)24-7-9-26(10-8-24)31(38)35(3)4;1-2/h7-13,16,18-20,25H,14-15,17,21H2,1-6H3,(H,33,34);1-2H3/b22-19+;. The average Bonchev–Trinajstić information content (AvgIpc) is 2.97. The van der Waals surface area contributed by atoms with Crippen molar-refractivity contribution in [1.82, 2.24) is 19.8 Å². The molecule has 2 heterocycles. The van der Waals surface area contributed by atoms with Crippen LogP contribution < -0.4 is 5.48 Å². The summed E-state index contributed by atoms with van der Waals surface area (Å²) in [4.78, 5) is 41.3. The average molecular weight is 560 g/mol. The Labute approximate surface area is 245 Å². The molecule has 220 valence electrons. The number of amides is 1. The van der Waals surface area contributed by atoms with Gasteiger partial charge in [-0.1, -0.05) is 37.6 Å². The predicted molar refractivity (Wildman–Crippen MR) is 168 cm³/mol. The number of pyridine rings is 2.